The number of hydrogen-bond donors (Lipinski definition) is 2. The molecule has 1 heterocycles. The normalized spacial score (nSPS) is 20.8. The molecule has 1 saturated heterocycles. The quantitative estimate of drug-likeness (QED) is 0.833. The Kier molecular flexibility index (Phi) is 3.62. The first-order valence-electron chi connectivity index (χ1n) is 5.92. The second-order valence-electron chi connectivity index (χ2n) is 4.62. The van der Waals surface area contributed by atoms with Gasteiger partial charge in [0.2, 0.25) is 0 Å². The summed E-state index contributed by atoms with van der Waals surface area (Å²) in [4.78, 5) is 0. The van der Waals surface area contributed by atoms with Crippen LogP contribution in [0, 0.1) is 6.92 Å². The fourth-order valence-electron chi connectivity index (χ4n) is 2.37. The Morgan fingerprint density at radius 2 is 2.18 bits per heavy atom. The number of aromatic hydroxyl groups is 1. The second-order valence-corrected chi connectivity index (χ2v) is 4.62. The van der Waals surface area contributed by atoms with Crippen LogP contribution in [0.5, 0.6) is 5.75 Å². The van der Waals surface area contributed by atoms with E-state index in [1.807, 2.05) is 6.07 Å². The van der Waals surface area contributed by atoms with E-state index in [-0.39, 0.29) is 17.2 Å². The van der Waals surface area contributed by atoms with Crippen LogP contribution >= 0.6 is 0 Å². The lowest BCUT2D eigenvalue weighted by Gasteiger charge is -2.24. The Bertz CT molecular complexity index is 401. The van der Waals surface area contributed by atoms with Crippen LogP contribution in [0.3, 0.4) is 0 Å². The molecule has 1 fully saturated rings. The monoisotopic (exact) mass is 241 g/mol. The summed E-state index contributed by atoms with van der Waals surface area (Å²) in [6.07, 6.45) is -0.542. The molecule has 0 amide bonds. The zero-order valence-corrected chi connectivity index (χ0v) is 9.84. The smallest absolute Gasteiger partial charge is 0.267 e. The summed E-state index contributed by atoms with van der Waals surface area (Å²) in [5.41, 5.74) is 1.19. The van der Waals surface area contributed by atoms with Gasteiger partial charge in [0.05, 0.1) is 5.56 Å². The predicted octanol–water partition coefficient (Wildman–Crippen LogP) is 3.11. The van der Waals surface area contributed by atoms with Gasteiger partial charge >= 0.3 is 0 Å². The second kappa shape index (κ2) is 5.00. The Hall–Kier alpha value is -1.16. The molecule has 0 spiro atoms. The molecule has 17 heavy (non-hydrogen) atoms. The molecule has 94 valence electrons. The number of rotatable bonds is 2. The van der Waals surface area contributed by atoms with E-state index in [0.717, 1.165) is 31.5 Å². The van der Waals surface area contributed by atoms with E-state index in [1.54, 1.807) is 6.92 Å². The molecule has 0 aromatic heterocycles. The van der Waals surface area contributed by atoms with Gasteiger partial charge in [-0.1, -0.05) is 6.07 Å². The Morgan fingerprint density at radius 1 is 1.41 bits per heavy atom. The zero-order valence-electron chi connectivity index (χ0n) is 9.84. The van der Waals surface area contributed by atoms with Crippen molar-refractivity contribution in [2.45, 2.75) is 32.1 Å². The van der Waals surface area contributed by atoms with Crippen molar-refractivity contribution in [1.29, 1.82) is 0 Å². The summed E-state index contributed by atoms with van der Waals surface area (Å²) < 4.78 is 25.6. The van der Waals surface area contributed by atoms with Crippen LogP contribution in [-0.2, 0) is 0 Å². The van der Waals surface area contributed by atoms with Gasteiger partial charge in [0.15, 0.2) is 0 Å². The van der Waals surface area contributed by atoms with Crippen molar-refractivity contribution in [3.8, 4) is 5.75 Å². The number of benzene rings is 1. The Morgan fingerprint density at radius 3 is 2.76 bits per heavy atom. The van der Waals surface area contributed by atoms with E-state index in [0.29, 0.717) is 5.56 Å². The van der Waals surface area contributed by atoms with E-state index in [4.69, 9.17) is 0 Å². The molecule has 1 unspecified atom stereocenters. The van der Waals surface area contributed by atoms with Crippen molar-refractivity contribution < 1.29 is 13.9 Å². The van der Waals surface area contributed by atoms with Crippen LogP contribution < -0.4 is 5.32 Å². The van der Waals surface area contributed by atoms with Gasteiger partial charge in [0.25, 0.3) is 6.43 Å². The summed E-state index contributed by atoms with van der Waals surface area (Å²) in [5, 5.41) is 12.9. The third-order valence-corrected chi connectivity index (χ3v) is 3.36. The largest absolute Gasteiger partial charge is 0.507 e. The third-order valence-electron chi connectivity index (χ3n) is 3.36. The molecule has 2 rings (SSSR count). The van der Waals surface area contributed by atoms with E-state index < -0.39 is 6.43 Å². The maximum atomic E-state index is 12.8. The van der Waals surface area contributed by atoms with Crippen molar-refractivity contribution in [1.82, 2.24) is 5.32 Å². The molecule has 4 heteroatoms. The van der Waals surface area contributed by atoms with Crippen LogP contribution in [-0.4, -0.2) is 18.2 Å². The lowest BCUT2D eigenvalue weighted by molar-refractivity contribution is 0.147. The van der Waals surface area contributed by atoms with Gasteiger partial charge in [0, 0.05) is 6.54 Å². The number of aryl methyl sites for hydroxylation is 1. The highest BCUT2D eigenvalue weighted by atomic mass is 19.3. The van der Waals surface area contributed by atoms with Gasteiger partial charge in [-0.15, -0.1) is 0 Å². The summed E-state index contributed by atoms with van der Waals surface area (Å²) in [7, 11) is 0. The lowest BCUT2D eigenvalue weighted by atomic mass is 9.89. The molecule has 1 aromatic carbocycles. The Balaban J connectivity index is 2.34. The fourth-order valence-corrected chi connectivity index (χ4v) is 2.37. The molecule has 1 aliphatic heterocycles. The fraction of sp³-hybridized carbons (Fsp3) is 0.538. The van der Waals surface area contributed by atoms with Crippen LogP contribution in [0.4, 0.5) is 8.78 Å². The minimum absolute atomic E-state index is 0.245. The molecule has 0 bridgehead atoms. The molecular formula is C13H17F2NO. The third kappa shape index (κ3) is 2.57. The number of phenols is 1. The number of hydrogen-bond acceptors (Lipinski definition) is 2. The molecule has 1 atom stereocenters. The number of piperidine rings is 1. The van der Waals surface area contributed by atoms with Crippen LogP contribution in [0.2, 0.25) is 0 Å². The molecule has 2 N–H and O–H groups in total. The average Bonchev–Trinajstić information content (AvgIpc) is 2.33. The van der Waals surface area contributed by atoms with Crippen molar-refractivity contribution in [2.24, 2.45) is 0 Å². The lowest BCUT2D eigenvalue weighted by Crippen LogP contribution is -2.28. The maximum absolute atomic E-state index is 12.8. The molecule has 0 aliphatic carbocycles. The molecule has 0 saturated carbocycles. The SMILES string of the molecule is Cc1cc(C2CCCNC2)cc(C(F)F)c1O. The maximum Gasteiger partial charge on any atom is 0.267 e. The average molecular weight is 241 g/mol. The van der Waals surface area contributed by atoms with Gasteiger partial charge in [-0.2, -0.15) is 0 Å². The molecule has 2 nitrogen and oxygen atoms in total. The molecule has 0 radical (unpaired) electrons. The number of alkyl halides is 2. The number of nitrogens with one attached hydrogen (secondary N) is 1. The zero-order chi connectivity index (χ0) is 12.4. The number of halogens is 2. The summed E-state index contributed by atoms with van der Waals surface area (Å²) in [5.74, 6) is 0.00747. The minimum Gasteiger partial charge on any atom is -0.507 e. The summed E-state index contributed by atoms with van der Waals surface area (Å²) in [6, 6.07) is 3.27. The first-order chi connectivity index (χ1) is 8.09. The highest BCUT2D eigenvalue weighted by Gasteiger charge is 2.21. The van der Waals surface area contributed by atoms with Gasteiger partial charge in [-0.25, -0.2) is 8.78 Å². The van der Waals surface area contributed by atoms with E-state index >= 15 is 0 Å². The highest BCUT2D eigenvalue weighted by Crippen LogP contribution is 2.35. The molecule has 1 aromatic rings. The van der Waals surface area contributed by atoms with Gasteiger partial charge in [-0.05, 0) is 49.4 Å². The molecule has 1 aliphatic rings. The van der Waals surface area contributed by atoms with E-state index in [2.05, 4.69) is 5.32 Å². The summed E-state index contributed by atoms with van der Waals surface area (Å²) >= 11 is 0. The first-order valence-corrected chi connectivity index (χ1v) is 5.92. The first kappa shape index (κ1) is 12.3. The van der Waals surface area contributed by atoms with Crippen LogP contribution in [0.25, 0.3) is 0 Å². The standard InChI is InChI=1S/C13H17F2NO/c1-8-5-10(9-3-2-4-16-7-9)6-11(12(8)17)13(14)15/h5-6,9,13,16-17H,2-4,7H2,1H3. The van der Waals surface area contributed by atoms with Crippen molar-refractivity contribution >= 4 is 0 Å². The topological polar surface area (TPSA) is 32.3 Å². The van der Waals surface area contributed by atoms with Crippen molar-refractivity contribution in [3.63, 3.8) is 0 Å². The predicted molar refractivity (Wildman–Crippen MR) is 62.6 cm³/mol. The van der Waals surface area contributed by atoms with E-state index in [1.165, 1.54) is 6.07 Å². The van der Waals surface area contributed by atoms with Gasteiger partial charge in [-0.3, -0.25) is 0 Å². The van der Waals surface area contributed by atoms with Gasteiger partial charge in [0.1, 0.15) is 5.75 Å². The van der Waals surface area contributed by atoms with Gasteiger partial charge < -0.3 is 10.4 Å². The molecular weight excluding hydrogens is 224 g/mol. The van der Waals surface area contributed by atoms with Crippen molar-refractivity contribution in [3.05, 3.63) is 28.8 Å². The highest BCUT2D eigenvalue weighted by molar-refractivity contribution is 5.44. The summed E-state index contributed by atoms with van der Waals surface area (Å²) in [6.45, 7) is 3.49. The van der Waals surface area contributed by atoms with Crippen molar-refractivity contribution in [2.75, 3.05) is 13.1 Å². The van der Waals surface area contributed by atoms with Crippen LogP contribution in [0.15, 0.2) is 12.1 Å². The number of phenolic OH excluding ortho intramolecular Hbond substituents is 1. The Labute approximate surface area is 99.7 Å². The van der Waals surface area contributed by atoms with E-state index in [9.17, 15) is 13.9 Å². The van der Waals surface area contributed by atoms with Crippen LogP contribution in [0.1, 0.15) is 41.9 Å². The minimum atomic E-state index is -2.62.